The van der Waals surface area contributed by atoms with E-state index >= 15 is 0 Å². The Hall–Kier alpha value is -2.68. The van der Waals surface area contributed by atoms with E-state index in [4.69, 9.17) is 9.98 Å². The number of para-hydroxylation sites is 1. The minimum Gasteiger partial charge on any atom is -0.352 e. The second-order valence-corrected chi connectivity index (χ2v) is 6.59. The van der Waals surface area contributed by atoms with Gasteiger partial charge in [-0.3, -0.25) is 4.99 Å². The Morgan fingerprint density at radius 2 is 1.79 bits per heavy atom. The number of aromatic nitrogens is 1. The number of fused-ring (bicyclic) bond motifs is 2. The second-order valence-electron chi connectivity index (χ2n) is 6.59. The Kier molecular flexibility index (Phi) is 3.12. The number of aliphatic imine (C=N–C) groups is 1. The summed E-state index contributed by atoms with van der Waals surface area (Å²) < 4.78 is 0. The van der Waals surface area contributed by atoms with E-state index in [1.54, 1.807) is 0 Å². The standard InChI is InChI=1S/C21H19N3/c1-2-7-15(8-3-1)20-13-18(17-10-4-5-11-19(17)23-20)21-22-14-16-9-6-12-24(16)21/h1-5,7-8,10-11,13,16H,6,9,12,14H2. The Bertz CT molecular complexity index is 930. The highest BCUT2D eigenvalue weighted by Crippen LogP contribution is 2.31. The van der Waals surface area contributed by atoms with Gasteiger partial charge in [-0.25, -0.2) is 4.98 Å². The van der Waals surface area contributed by atoms with Crippen molar-refractivity contribution in [2.75, 3.05) is 13.1 Å². The van der Waals surface area contributed by atoms with Crippen molar-refractivity contribution in [1.29, 1.82) is 0 Å². The molecule has 0 saturated carbocycles. The smallest absolute Gasteiger partial charge is 0.132 e. The molecule has 5 rings (SSSR count). The highest BCUT2D eigenvalue weighted by molar-refractivity contribution is 6.10. The molecule has 3 heterocycles. The maximum atomic E-state index is 4.89. The molecule has 0 bridgehead atoms. The molecule has 3 aromatic rings. The monoisotopic (exact) mass is 313 g/mol. The third-order valence-electron chi connectivity index (χ3n) is 5.13. The lowest BCUT2D eigenvalue weighted by atomic mass is 10.0. The molecule has 0 aliphatic carbocycles. The fraction of sp³-hybridized carbons (Fsp3) is 0.238. The molecule has 1 aromatic heterocycles. The first-order chi connectivity index (χ1) is 11.9. The van der Waals surface area contributed by atoms with Crippen LogP contribution in [0.15, 0.2) is 65.7 Å². The van der Waals surface area contributed by atoms with Crippen molar-refractivity contribution in [1.82, 2.24) is 9.88 Å². The zero-order chi connectivity index (χ0) is 15.9. The van der Waals surface area contributed by atoms with Gasteiger partial charge in [0.05, 0.1) is 23.8 Å². The van der Waals surface area contributed by atoms with Gasteiger partial charge in [-0.1, -0.05) is 48.5 Å². The minimum atomic E-state index is 0.604. The third-order valence-corrected chi connectivity index (χ3v) is 5.13. The number of amidine groups is 1. The third kappa shape index (κ3) is 2.12. The van der Waals surface area contributed by atoms with Crippen molar-refractivity contribution in [3.8, 4) is 11.3 Å². The van der Waals surface area contributed by atoms with Gasteiger partial charge >= 0.3 is 0 Å². The lowest BCUT2D eigenvalue weighted by molar-refractivity contribution is 0.431. The summed E-state index contributed by atoms with van der Waals surface area (Å²) in [6.45, 7) is 2.06. The van der Waals surface area contributed by atoms with E-state index in [2.05, 4.69) is 59.5 Å². The number of hydrogen-bond donors (Lipinski definition) is 0. The van der Waals surface area contributed by atoms with Gasteiger partial charge in [-0.15, -0.1) is 0 Å². The molecule has 0 N–H and O–H groups in total. The van der Waals surface area contributed by atoms with Crippen LogP contribution in [0.2, 0.25) is 0 Å². The molecule has 0 spiro atoms. The number of hydrogen-bond acceptors (Lipinski definition) is 3. The van der Waals surface area contributed by atoms with Crippen molar-refractivity contribution in [3.05, 3.63) is 66.2 Å². The van der Waals surface area contributed by atoms with Crippen LogP contribution in [0.4, 0.5) is 0 Å². The summed E-state index contributed by atoms with van der Waals surface area (Å²) in [7, 11) is 0. The highest BCUT2D eigenvalue weighted by Gasteiger charge is 2.33. The van der Waals surface area contributed by atoms with Crippen LogP contribution in [0.3, 0.4) is 0 Å². The van der Waals surface area contributed by atoms with Crippen LogP contribution in [0.1, 0.15) is 18.4 Å². The lowest BCUT2D eigenvalue weighted by Crippen LogP contribution is -2.31. The van der Waals surface area contributed by atoms with E-state index in [1.807, 2.05) is 6.07 Å². The fourth-order valence-corrected chi connectivity index (χ4v) is 3.94. The fourth-order valence-electron chi connectivity index (χ4n) is 3.94. The molecular weight excluding hydrogens is 294 g/mol. The predicted octanol–water partition coefficient (Wildman–Crippen LogP) is 4.13. The average molecular weight is 313 g/mol. The van der Waals surface area contributed by atoms with Gasteiger partial charge in [0.1, 0.15) is 5.84 Å². The molecule has 2 aliphatic heterocycles. The minimum absolute atomic E-state index is 0.604. The Labute approximate surface area is 141 Å². The summed E-state index contributed by atoms with van der Waals surface area (Å²) in [6.07, 6.45) is 2.54. The number of benzene rings is 2. The van der Waals surface area contributed by atoms with E-state index < -0.39 is 0 Å². The van der Waals surface area contributed by atoms with E-state index in [-0.39, 0.29) is 0 Å². The first-order valence-corrected chi connectivity index (χ1v) is 8.67. The molecule has 1 saturated heterocycles. The Morgan fingerprint density at radius 3 is 2.71 bits per heavy atom. The van der Waals surface area contributed by atoms with Gasteiger partial charge in [0.25, 0.3) is 0 Å². The largest absolute Gasteiger partial charge is 0.352 e. The normalized spacial score (nSPS) is 19.6. The first kappa shape index (κ1) is 13.7. The molecule has 1 fully saturated rings. The Balaban J connectivity index is 1.72. The van der Waals surface area contributed by atoms with Crippen molar-refractivity contribution in [3.63, 3.8) is 0 Å². The summed E-state index contributed by atoms with van der Waals surface area (Å²) in [5.74, 6) is 1.16. The molecule has 0 amide bonds. The molecular formula is C21H19N3. The van der Waals surface area contributed by atoms with Crippen LogP contribution in [0, 0.1) is 0 Å². The van der Waals surface area contributed by atoms with Crippen molar-refractivity contribution < 1.29 is 0 Å². The summed E-state index contributed by atoms with van der Waals surface area (Å²) in [5.41, 5.74) is 4.44. The van der Waals surface area contributed by atoms with Gasteiger partial charge in [0.2, 0.25) is 0 Å². The average Bonchev–Trinajstić information content (AvgIpc) is 3.25. The molecule has 24 heavy (non-hydrogen) atoms. The summed E-state index contributed by atoms with van der Waals surface area (Å²) in [6, 6.07) is 21.7. The van der Waals surface area contributed by atoms with Crippen LogP contribution in [0.25, 0.3) is 22.2 Å². The number of nitrogens with zero attached hydrogens (tertiary/aromatic N) is 3. The predicted molar refractivity (Wildman–Crippen MR) is 98.3 cm³/mol. The van der Waals surface area contributed by atoms with Gasteiger partial charge in [0.15, 0.2) is 0 Å². The molecule has 3 heteroatoms. The van der Waals surface area contributed by atoms with Crippen molar-refractivity contribution in [2.24, 2.45) is 4.99 Å². The van der Waals surface area contributed by atoms with E-state index in [9.17, 15) is 0 Å². The molecule has 0 radical (unpaired) electrons. The highest BCUT2D eigenvalue weighted by atomic mass is 15.3. The first-order valence-electron chi connectivity index (χ1n) is 8.67. The molecule has 118 valence electrons. The van der Waals surface area contributed by atoms with Crippen LogP contribution in [-0.2, 0) is 0 Å². The zero-order valence-electron chi connectivity index (χ0n) is 13.5. The van der Waals surface area contributed by atoms with Gasteiger partial charge in [0, 0.05) is 23.1 Å². The maximum absolute atomic E-state index is 4.89. The molecule has 3 nitrogen and oxygen atoms in total. The van der Waals surface area contributed by atoms with Crippen LogP contribution < -0.4 is 0 Å². The van der Waals surface area contributed by atoms with Crippen LogP contribution >= 0.6 is 0 Å². The number of pyridine rings is 1. The van der Waals surface area contributed by atoms with Crippen LogP contribution in [-0.4, -0.2) is 34.9 Å². The molecule has 2 aromatic carbocycles. The Morgan fingerprint density at radius 1 is 0.958 bits per heavy atom. The lowest BCUT2D eigenvalue weighted by Gasteiger charge is -2.21. The van der Waals surface area contributed by atoms with E-state index in [1.165, 1.54) is 23.8 Å². The maximum Gasteiger partial charge on any atom is 0.132 e. The van der Waals surface area contributed by atoms with Gasteiger partial charge in [-0.05, 0) is 25.0 Å². The number of rotatable bonds is 2. The van der Waals surface area contributed by atoms with E-state index in [0.717, 1.165) is 35.7 Å². The summed E-state index contributed by atoms with van der Waals surface area (Å²) >= 11 is 0. The zero-order valence-corrected chi connectivity index (χ0v) is 13.5. The van der Waals surface area contributed by atoms with Crippen molar-refractivity contribution in [2.45, 2.75) is 18.9 Å². The topological polar surface area (TPSA) is 28.5 Å². The van der Waals surface area contributed by atoms with Crippen molar-refractivity contribution >= 4 is 16.7 Å². The van der Waals surface area contributed by atoms with Gasteiger partial charge in [-0.2, -0.15) is 0 Å². The molecule has 1 unspecified atom stereocenters. The quantitative estimate of drug-likeness (QED) is 0.712. The summed E-state index contributed by atoms with van der Waals surface area (Å²) in [5, 5.41) is 1.20. The van der Waals surface area contributed by atoms with Gasteiger partial charge < -0.3 is 4.90 Å². The van der Waals surface area contributed by atoms with E-state index in [0.29, 0.717) is 6.04 Å². The summed E-state index contributed by atoms with van der Waals surface area (Å²) in [4.78, 5) is 12.3. The SMILES string of the molecule is c1ccc(-c2cc(C3=NCC4CCCN34)c3ccccc3n2)cc1. The second kappa shape index (κ2) is 5.45. The van der Waals surface area contributed by atoms with Crippen LogP contribution in [0.5, 0.6) is 0 Å². The molecule has 2 aliphatic rings. The molecule has 1 atom stereocenters.